The zero-order valence-electron chi connectivity index (χ0n) is 26.0. The monoisotopic (exact) mass is 582 g/mol. The highest BCUT2D eigenvalue weighted by Crippen LogP contribution is 2.37. The minimum atomic E-state index is -0.248. The Morgan fingerprint density at radius 1 is 0.977 bits per heavy atom. The van der Waals surface area contributed by atoms with Crippen LogP contribution in [0.1, 0.15) is 32.8 Å². The molecule has 2 heterocycles. The predicted octanol–water partition coefficient (Wildman–Crippen LogP) is 8.04. The zero-order chi connectivity index (χ0) is 30.6. The van der Waals surface area contributed by atoms with Crippen LogP contribution in [0.5, 0.6) is 0 Å². The van der Waals surface area contributed by atoms with Crippen LogP contribution < -0.4 is 4.90 Å². The third-order valence-electron chi connectivity index (χ3n) is 8.92. The van der Waals surface area contributed by atoms with Crippen molar-refractivity contribution in [2.75, 3.05) is 38.1 Å². The number of carbonyl (C=O) groups is 1. The maximum Gasteiger partial charge on any atom is 0.170 e. The van der Waals surface area contributed by atoms with Crippen molar-refractivity contribution in [3.8, 4) is 11.1 Å². The van der Waals surface area contributed by atoms with E-state index in [1.54, 1.807) is 0 Å². The summed E-state index contributed by atoms with van der Waals surface area (Å²) in [6.45, 7) is 12.8. The number of rotatable bonds is 7. The molecule has 3 aromatic carbocycles. The van der Waals surface area contributed by atoms with Crippen LogP contribution in [0.2, 0.25) is 0 Å². The van der Waals surface area contributed by atoms with Crippen LogP contribution in [0, 0.1) is 5.92 Å². The number of pyridine rings is 1. The van der Waals surface area contributed by atoms with Crippen molar-refractivity contribution in [2.45, 2.75) is 26.7 Å². The Hall–Kier alpha value is -4.61. The summed E-state index contributed by atoms with van der Waals surface area (Å²) in [4.78, 5) is 27.7. The van der Waals surface area contributed by atoms with E-state index in [0.717, 1.165) is 77.1 Å². The number of fused-ring (bicyclic) bond motifs is 1. The average molecular weight is 583 g/mol. The summed E-state index contributed by atoms with van der Waals surface area (Å²) >= 11 is 0. The Bertz CT molecular complexity index is 1770. The van der Waals surface area contributed by atoms with Gasteiger partial charge in [0, 0.05) is 74.7 Å². The van der Waals surface area contributed by atoms with Gasteiger partial charge in [-0.1, -0.05) is 68.1 Å². The Labute approximate surface area is 262 Å². The number of aliphatic imine (C=N–C) groups is 1. The van der Waals surface area contributed by atoms with E-state index in [2.05, 4.69) is 83.9 Å². The van der Waals surface area contributed by atoms with Crippen molar-refractivity contribution >= 4 is 33.7 Å². The Morgan fingerprint density at radius 2 is 1.70 bits per heavy atom. The highest BCUT2D eigenvalue weighted by molar-refractivity contribution is 6.25. The fourth-order valence-electron chi connectivity index (χ4n) is 6.24. The molecule has 1 aliphatic carbocycles. The zero-order valence-corrected chi connectivity index (χ0v) is 26.0. The van der Waals surface area contributed by atoms with Gasteiger partial charge in [0.1, 0.15) is 0 Å². The molecule has 0 N–H and O–H groups in total. The molecule has 1 saturated heterocycles. The van der Waals surface area contributed by atoms with Gasteiger partial charge in [0.25, 0.3) is 0 Å². The van der Waals surface area contributed by atoms with Crippen molar-refractivity contribution in [1.82, 2.24) is 9.88 Å². The van der Waals surface area contributed by atoms with Crippen molar-refractivity contribution in [1.29, 1.82) is 0 Å². The number of likely N-dealkylation sites (N-methyl/N-ethyl adjacent to an activating group) is 1. The molecule has 5 nitrogen and oxygen atoms in total. The molecular formula is C39H42N4O. The molecular weight excluding hydrogens is 540 g/mol. The molecule has 5 heteroatoms. The summed E-state index contributed by atoms with van der Waals surface area (Å²) in [5.74, 6) is -0.124. The third-order valence-corrected chi connectivity index (χ3v) is 8.92. The number of hydrogen-bond donors (Lipinski definition) is 0. The van der Waals surface area contributed by atoms with E-state index in [-0.39, 0.29) is 13.1 Å². The molecule has 1 atom stereocenters. The van der Waals surface area contributed by atoms with Gasteiger partial charge >= 0.3 is 0 Å². The van der Waals surface area contributed by atoms with Crippen molar-refractivity contribution in [2.24, 2.45) is 10.9 Å². The van der Waals surface area contributed by atoms with Crippen LogP contribution in [0.25, 0.3) is 27.6 Å². The molecule has 0 saturated carbocycles. The standard InChI is InChI=1S/C39H40N4O.H2/c1-5-34-28(3)32(26-41-27(2)24-29-11-17-33(18-12-29)43-22-20-42(4)21-23-43)25-37(39(34)44)31-15-13-30(14-16-31)35-8-6-10-38-36(35)9-7-19-40-38;/h6-19,25-26,34H,3,5,20-24H2,1-2,4H3;1H/b32-26-,41-27?;. The summed E-state index contributed by atoms with van der Waals surface area (Å²) in [6.07, 6.45) is 7.16. The minimum Gasteiger partial charge on any atom is -0.369 e. The number of nitrogens with zero attached hydrogens (tertiary/aromatic N) is 4. The molecule has 44 heavy (non-hydrogen) atoms. The molecule has 2 aliphatic rings. The molecule has 0 bridgehead atoms. The second kappa shape index (κ2) is 12.9. The highest BCUT2D eigenvalue weighted by Gasteiger charge is 2.30. The van der Waals surface area contributed by atoms with Crippen LogP contribution in [0.15, 0.2) is 120 Å². The first-order valence-electron chi connectivity index (χ1n) is 15.6. The molecule has 224 valence electrons. The maximum absolute atomic E-state index is 13.6. The van der Waals surface area contributed by atoms with E-state index in [1.807, 2.05) is 55.7 Å². The van der Waals surface area contributed by atoms with Gasteiger partial charge in [0.05, 0.1) is 5.52 Å². The molecule has 1 aliphatic heterocycles. The first-order chi connectivity index (χ1) is 21.4. The minimum absolute atomic E-state index is 0. The van der Waals surface area contributed by atoms with Crippen LogP contribution in [-0.2, 0) is 11.2 Å². The molecule has 0 amide bonds. The second-order valence-corrected chi connectivity index (χ2v) is 11.9. The van der Waals surface area contributed by atoms with Crippen LogP contribution >= 0.6 is 0 Å². The van der Waals surface area contributed by atoms with Gasteiger partial charge in [-0.15, -0.1) is 0 Å². The Kier molecular flexibility index (Phi) is 8.67. The van der Waals surface area contributed by atoms with Gasteiger partial charge < -0.3 is 9.80 Å². The van der Waals surface area contributed by atoms with E-state index >= 15 is 0 Å². The number of carbonyl (C=O) groups excluding carboxylic acids is 1. The lowest BCUT2D eigenvalue weighted by Crippen LogP contribution is -2.44. The number of hydrogen-bond acceptors (Lipinski definition) is 5. The predicted molar refractivity (Wildman–Crippen MR) is 186 cm³/mol. The van der Waals surface area contributed by atoms with E-state index in [0.29, 0.717) is 12.0 Å². The molecule has 6 rings (SSSR count). The summed E-state index contributed by atoms with van der Waals surface area (Å²) < 4.78 is 0. The highest BCUT2D eigenvalue weighted by atomic mass is 16.1. The van der Waals surface area contributed by atoms with Gasteiger partial charge in [0.15, 0.2) is 5.78 Å². The summed E-state index contributed by atoms with van der Waals surface area (Å²) in [5.41, 5.74) is 10.1. The topological polar surface area (TPSA) is 48.8 Å². The van der Waals surface area contributed by atoms with Crippen LogP contribution in [-0.4, -0.2) is 54.6 Å². The summed E-state index contributed by atoms with van der Waals surface area (Å²) in [7, 11) is 2.18. The first kappa shape index (κ1) is 29.5. The number of anilines is 1. The average Bonchev–Trinajstić information content (AvgIpc) is 3.05. The smallest absolute Gasteiger partial charge is 0.170 e. The van der Waals surface area contributed by atoms with Gasteiger partial charge in [-0.25, -0.2) is 0 Å². The Balaban J connectivity index is 0.00000400. The lowest BCUT2D eigenvalue weighted by Gasteiger charge is -2.34. The van der Waals surface area contributed by atoms with Gasteiger partial charge in [0.2, 0.25) is 0 Å². The lowest BCUT2D eigenvalue weighted by atomic mass is 9.77. The van der Waals surface area contributed by atoms with E-state index in [1.165, 1.54) is 11.3 Å². The number of piperazine rings is 1. The van der Waals surface area contributed by atoms with Gasteiger partial charge in [-0.2, -0.15) is 0 Å². The van der Waals surface area contributed by atoms with Gasteiger partial charge in [-0.05, 0) is 84.1 Å². The normalized spacial score (nSPS) is 19.1. The van der Waals surface area contributed by atoms with Crippen molar-refractivity contribution < 1.29 is 6.22 Å². The Morgan fingerprint density at radius 3 is 2.43 bits per heavy atom. The summed E-state index contributed by atoms with van der Waals surface area (Å²) in [6, 6.07) is 27.4. The molecule has 1 unspecified atom stereocenters. The largest absolute Gasteiger partial charge is 0.369 e. The second-order valence-electron chi connectivity index (χ2n) is 11.9. The number of aromatic nitrogens is 1. The molecule has 1 aromatic heterocycles. The number of ketones is 1. The third kappa shape index (κ3) is 6.20. The van der Waals surface area contributed by atoms with Gasteiger partial charge in [-0.3, -0.25) is 14.8 Å². The fourth-order valence-corrected chi connectivity index (χ4v) is 6.24. The molecule has 4 aromatic rings. The molecule has 1 fully saturated rings. The number of allylic oxidation sites excluding steroid dienone is 4. The number of Topliss-reactive ketones (excluding diaryl/α,β-unsaturated/α-hetero) is 1. The number of benzene rings is 3. The van der Waals surface area contributed by atoms with Crippen molar-refractivity contribution in [3.05, 3.63) is 126 Å². The fraction of sp³-hybridized carbons (Fsp3) is 0.256. The van der Waals surface area contributed by atoms with Crippen LogP contribution in [0.3, 0.4) is 0 Å². The maximum atomic E-state index is 13.6. The van der Waals surface area contributed by atoms with Crippen LogP contribution in [0.4, 0.5) is 5.69 Å². The van der Waals surface area contributed by atoms with E-state index in [9.17, 15) is 4.79 Å². The molecule has 0 radical (unpaired) electrons. The van der Waals surface area contributed by atoms with Crippen molar-refractivity contribution in [3.63, 3.8) is 0 Å². The lowest BCUT2D eigenvalue weighted by molar-refractivity contribution is -0.116. The quantitative estimate of drug-likeness (QED) is 0.207. The van der Waals surface area contributed by atoms with E-state index in [4.69, 9.17) is 4.99 Å². The summed E-state index contributed by atoms with van der Waals surface area (Å²) in [5, 5.41) is 1.11. The molecule has 0 spiro atoms. The first-order valence-corrected chi connectivity index (χ1v) is 15.6. The van der Waals surface area contributed by atoms with E-state index < -0.39 is 0 Å². The SMILES string of the molecule is C=C1/C(=C\N=C(C)Cc2ccc(N3CCN(C)CC3)cc2)C=C(c2ccc(-c3cccc4ncccc34)cc2)C(=O)C1CC.[HH].